The van der Waals surface area contributed by atoms with Crippen LogP contribution in [0.5, 0.6) is 5.75 Å². The predicted octanol–water partition coefficient (Wildman–Crippen LogP) is 1.91. The summed E-state index contributed by atoms with van der Waals surface area (Å²) in [4.78, 5) is 26.8. The fourth-order valence-electron chi connectivity index (χ4n) is 3.11. The largest absolute Gasteiger partial charge is 0.491 e. The van der Waals surface area contributed by atoms with E-state index in [1.807, 2.05) is 13.0 Å². The Bertz CT molecular complexity index is 780. The molecule has 7 nitrogen and oxygen atoms in total. The van der Waals surface area contributed by atoms with Crippen LogP contribution in [0.1, 0.15) is 36.8 Å². The summed E-state index contributed by atoms with van der Waals surface area (Å²) < 4.78 is 11.6. The van der Waals surface area contributed by atoms with Crippen molar-refractivity contribution in [1.29, 1.82) is 0 Å². The van der Waals surface area contributed by atoms with E-state index in [1.165, 1.54) is 11.7 Å². The molecule has 1 aliphatic rings. The Balaban J connectivity index is 1.81. The molecule has 3 heterocycles. The normalized spacial score (nSPS) is 17.8. The standard InChI is InChI=1S/C17H21N3O4/c1-12-10-13(18-24-12)14-6-3-4-9-20(14)16(21)11-19-8-5-7-15(23-2)17(19)22/h5,7-8,10,14H,3-4,6,9,11H2,1-2H3. The van der Waals surface area contributed by atoms with E-state index in [0.717, 1.165) is 30.7 Å². The number of likely N-dealkylation sites (tertiary alicyclic amines) is 1. The molecule has 1 aliphatic heterocycles. The monoisotopic (exact) mass is 331 g/mol. The van der Waals surface area contributed by atoms with Gasteiger partial charge in [-0.25, -0.2) is 0 Å². The van der Waals surface area contributed by atoms with Gasteiger partial charge in [-0.3, -0.25) is 9.59 Å². The fourth-order valence-corrected chi connectivity index (χ4v) is 3.11. The van der Waals surface area contributed by atoms with Crippen molar-refractivity contribution in [3.63, 3.8) is 0 Å². The molecule has 1 atom stereocenters. The number of aryl methyl sites for hydroxylation is 1. The van der Waals surface area contributed by atoms with E-state index < -0.39 is 0 Å². The topological polar surface area (TPSA) is 77.6 Å². The van der Waals surface area contributed by atoms with Crippen LogP contribution in [0.15, 0.2) is 33.7 Å². The molecule has 24 heavy (non-hydrogen) atoms. The molecule has 1 saturated heterocycles. The van der Waals surface area contributed by atoms with Gasteiger partial charge in [0.2, 0.25) is 5.91 Å². The van der Waals surface area contributed by atoms with E-state index in [2.05, 4.69) is 5.16 Å². The zero-order valence-corrected chi connectivity index (χ0v) is 13.9. The number of methoxy groups -OCH3 is 1. The molecule has 0 N–H and O–H groups in total. The van der Waals surface area contributed by atoms with Gasteiger partial charge in [-0.2, -0.15) is 0 Å². The summed E-state index contributed by atoms with van der Waals surface area (Å²) in [7, 11) is 1.44. The number of carbonyl (C=O) groups is 1. The van der Waals surface area contributed by atoms with Gasteiger partial charge in [0.05, 0.1) is 13.2 Å². The van der Waals surface area contributed by atoms with Gasteiger partial charge >= 0.3 is 0 Å². The summed E-state index contributed by atoms with van der Waals surface area (Å²) in [5.41, 5.74) is 0.470. The third kappa shape index (κ3) is 3.20. The van der Waals surface area contributed by atoms with Crippen LogP contribution >= 0.6 is 0 Å². The van der Waals surface area contributed by atoms with Gasteiger partial charge in [-0.15, -0.1) is 0 Å². The first kappa shape index (κ1) is 16.3. The molecule has 0 spiro atoms. The minimum absolute atomic E-state index is 0.0105. The lowest BCUT2D eigenvalue weighted by Gasteiger charge is -2.34. The van der Waals surface area contributed by atoms with Crippen molar-refractivity contribution in [2.75, 3.05) is 13.7 Å². The number of ether oxygens (including phenoxy) is 1. The van der Waals surface area contributed by atoms with E-state index in [1.54, 1.807) is 23.2 Å². The molecule has 3 rings (SSSR count). The highest BCUT2D eigenvalue weighted by Crippen LogP contribution is 2.30. The summed E-state index contributed by atoms with van der Waals surface area (Å²) in [6.45, 7) is 2.48. The maximum absolute atomic E-state index is 12.8. The van der Waals surface area contributed by atoms with Gasteiger partial charge in [-0.05, 0) is 38.3 Å². The molecule has 0 aromatic carbocycles. The second kappa shape index (κ2) is 6.90. The zero-order chi connectivity index (χ0) is 17.1. The molecule has 2 aromatic rings. The van der Waals surface area contributed by atoms with Crippen LogP contribution < -0.4 is 10.3 Å². The lowest BCUT2D eigenvalue weighted by atomic mass is 9.99. The van der Waals surface area contributed by atoms with E-state index in [9.17, 15) is 9.59 Å². The Morgan fingerprint density at radius 2 is 2.29 bits per heavy atom. The van der Waals surface area contributed by atoms with Crippen LogP contribution in [0.3, 0.4) is 0 Å². The average molecular weight is 331 g/mol. The van der Waals surface area contributed by atoms with E-state index in [4.69, 9.17) is 9.26 Å². The number of piperidine rings is 1. The van der Waals surface area contributed by atoms with Gasteiger partial charge in [0.15, 0.2) is 5.75 Å². The Labute approximate surface area is 139 Å². The highest BCUT2D eigenvalue weighted by molar-refractivity contribution is 5.76. The van der Waals surface area contributed by atoms with E-state index in [0.29, 0.717) is 6.54 Å². The van der Waals surface area contributed by atoms with Crippen molar-refractivity contribution in [3.8, 4) is 5.75 Å². The minimum Gasteiger partial charge on any atom is -0.491 e. The van der Waals surface area contributed by atoms with Gasteiger partial charge in [-0.1, -0.05) is 5.16 Å². The molecular formula is C17H21N3O4. The number of amides is 1. The lowest BCUT2D eigenvalue weighted by Crippen LogP contribution is -2.41. The van der Waals surface area contributed by atoms with Gasteiger partial charge in [0.1, 0.15) is 18.0 Å². The van der Waals surface area contributed by atoms with Gasteiger partial charge < -0.3 is 18.7 Å². The van der Waals surface area contributed by atoms with Crippen molar-refractivity contribution >= 4 is 5.91 Å². The maximum Gasteiger partial charge on any atom is 0.293 e. The van der Waals surface area contributed by atoms with Crippen molar-refractivity contribution in [1.82, 2.24) is 14.6 Å². The zero-order valence-electron chi connectivity index (χ0n) is 13.9. The second-order valence-corrected chi connectivity index (χ2v) is 5.97. The number of pyridine rings is 1. The molecule has 0 saturated carbocycles. The molecule has 1 amide bonds. The average Bonchev–Trinajstić information content (AvgIpc) is 3.03. The third-order valence-electron chi connectivity index (χ3n) is 4.32. The number of carbonyl (C=O) groups excluding carboxylic acids is 1. The molecular weight excluding hydrogens is 310 g/mol. The Morgan fingerprint density at radius 3 is 3.00 bits per heavy atom. The van der Waals surface area contributed by atoms with Crippen molar-refractivity contribution < 1.29 is 14.1 Å². The number of hydrogen-bond donors (Lipinski definition) is 0. The predicted molar refractivity (Wildman–Crippen MR) is 86.8 cm³/mol. The number of nitrogens with zero attached hydrogens (tertiary/aromatic N) is 3. The molecule has 0 radical (unpaired) electrons. The van der Waals surface area contributed by atoms with Crippen LogP contribution in [0, 0.1) is 6.92 Å². The first-order valence-electron chi connectivity index (χ1n) is 8.06. The minimum atomic E-state index is -0.306. The molecule has 1 unspecified atom stereocenters. The highest BCUT2D eigenvalue weighted by atomic mass is 16.5. The van der Waals surface area contributed by atoms with Crippen LogP contribution in [0.25, 0.3) is 0 Å². The SMILES string of the molecule is COc1cccn(CC(=O)N2CCCCC2c2cc(C)on2)c1=O. The Hall–Kier alpha value is -2.57. The number of rotatable bonds is 4. The summed E-state index contributed by atoms with van der Waals surface area (Å²) in [5.74, 6) is 0.857. The summed E-state index contributed by atoms with van der Waals surface area (Å²) in [5, 5.41) is 4.07. The van der Waals surface area contributed by atoms with Crippen molar-refractivity contribution in [3.05, 3.63) is 46.2 Å². The van der Waals surface area contributed by atoms with E-state index >= 15 is 0 Å². The first-order chi connectivity index (χ1) is 11.6. The first-order valence-corrected chi connectivity index (χ1v) is 8.06. The molecule has 128 valence electrons. The van der Waals surface area contributed by atoms with Gasteiger partial charge in [0, 0.05) is 18.8 Å². The number of hydrogen-bond acceptors (Lipinski definition) is 5. The maximum atomic E-state index is 12.8. The second-order valence-electron chi connectivity index (χ2n) is 5.97. The number of aromatic nitrogens is 2. The third-order valence-corrected chi connectivity index (χ3v) is 4.32. The summed E-state index contributed by atoms with van der Waals surface area (Å²) in [6.07, 6.45) is 4.44. The van der Waals surface area contributed by atoms with Crippen LogP contribution in [0.4, 0.5) is 0 Å². The molecule has 0 aliphatic carbocycles. The van der Waals surface area contributed by atoms with Crippen LogP contribution in [-0.4, -0.2) is 34.2 Å². The lowest BCUT2D eigenvalue weighted by molar-refractivity contribution is -0.135. The Kier molecular flexibility index (Phi) is 4.69. The molecule has 7 heteroatoms. The summed E-state index contributed by atoms with van der Waals surface area (Å²) in [6, 6.07) is 5.06. The fraction of sp³-hybridized carbons (Fsp3) is 0.471. The van der Waals surface area contributed by atoms with Crippen molar-refractivity contribution in [2.24, 2.45) is 0 Å². The molecule has 0 bridgehead atoms. The van der Waals surface area contributed by atoms with Crippen molar-refractivity contribution in [2.45, 2.75) is 38.8 Å². The quantitative estimate of drug-likeness (QED) is 0.855. The summed E-state index contributed by atoms with van der Waals surface area (Å²) >= 11 is 0. The Morgan fingerprint density at radius 1 is 1.46 bits per heavy atom. The van der Waals surface area contributed by atoms with Gasteiger partial charge in [0.25, 0.3) is 5.56 Å². The van der Waals surface area contributed by atoms with Crippen LogP contribution in [0.2, 0.25) is 0 Å². The van der Waals surface area contributed by atoms with E-state index in [-0.39, 0.29) is 29.8 Å². The molecule has 2 aromatic heterocycles. The molecule has 1 fully saturated rings. The van der Waals surface area contributed by atoms with Crippen LogP contribution in [-0.2, 0) is 11.3 Å². The smallest absolute Gasteiger partial charge is 0.293 e. The highest BCUT2D eigenvalue weighted by Gasteiger charge is 2.30.